The van der Waals surface area contributed by atoms with Crippen molar-refractivity contribution >= 4 is 16.1 Å². The molecule has 2 amide bonds. The predicted molar refractivity (Wildman–Crippen MR) is 77.1 cm³/mol. The van der Waals surface area contributed by atoms with E-state index in [2.05, 4.69) is 0 Å². The highest BCUT2D eigenvalue weighted by Crippen LogP contribution is 2.24. The molecule has 0 unspecified atom stereocenters. The average Bonchev–Trinajstić information content (AvgIpc) is 2.45. The highest BCUT2D eigenvalue weighted by Gasteiger charge is 2.20. The molecule has 2 rings (SSSR count). The van der Waals surface area contributed by atoms with Gasteiger partial charge < -0.3 is 10.5 Å². The molecule has 0 aromatic heterocycles. The highest BCUT2D eigenvalue weighted by atomic mass is 32.2. The Kier molecular flexibility index (Phi) is 4.44. The summed E-state index contributed by atoms with van der Waals surface area (Å²) in [6.45, 7) is 0.212. The number of nitrogens with two attached hydrogens (primary N) is 1. The number of rotatable bonds is 5. The fourth-order valence-corrected chi connectivity index (χ4v) is 2.74. The molecule has 0 saturated carbocycles. The van der Waals surface area contributed by atoms with Crippen molar-refractivity contribution in [1.82, 2.24) is 4.72 Å². The third-order valence-electron chi connectivity index (χ3n) is 2.61. The molecule has 3 N–H and O–H groups in total. The second kappa shape index (κ2) is 6.27. The Hall–Kier alpha value is -2.54. The van der Waals surface area contributed by atoms with Crippen LogP contribution in [0.4, 0.5) is 4.79 Å². The van der Waals surface area contributed by atoms with Crippen LogP contribution in [-0.2, 0) is 16.6 Å². The van der Waals surface area contributed by atoms with Gasteiger partial charge in [0.2, 0.25) is 0 Å². The number of hydrogen-bond donors (Lipinski definition) is 2. The van der Waals surface area contributed by atoms with E-state index in [1.54, 1.807) is 10.8 Å². The molecule has 0 aliphatic rings. The van der Waals surface area contributed by atoms with Crippen LogP contribution in [0.5, 0.6) is 5.75 Å². The molecule has 0 aliphatic carbocycles. The third-order valence-corrected chi connectivity index (χ3v) is 4.00. The van der Waals surface area contributed by atoms with E-state index in [1.165, 1.54) is 18.2 Å². The van der Waals surface area contributed by atoms with E-state index in [0.29, 0.717) is 0 Å². The number of para-hydroxylation sites is 1. The summed E-state index contributed by atoms with van der Waals surface area (Å²) < 4.78 is 31.2. The lowest BCUT2D eigenvalue weighted by Crippen LogP contribution is -2.35. The number of nitrogens with one attached hydrogen (secondary N) is 1. The van der Waals surface area contributed by atoms with E-state index in [-0.39, 0.29) is 17.3 Å². The molecule has 0 radical (unpaired) electrons. The van der Waals surface area contributed by atoms with Crippen molar-refractivity contribution in [1.29, 1.82) is 0 Å². The number of ether oxygens (including phenoxy) is 1. The number of sulfonamides is 1. The zero-order valence-electron chi connectivity index (χ0n) is 11.0. The fourth-order valence-electron chi connectivity index (χ4n) is 1.71. The topological polar surface area (TPSA) is 98.5 Å². The molecule has 0 spiro atoms. The molecule has 6 nitrogen and oxygen atoms in total. The van der Waals surface area contributed by atoms with Crippen LogP contribution in [0.25, 0.3) is 0 Å². The monoisotopic (exact) mass is 306 g/mol. The summed E-state index contributed by atoms with van der Waals surface area (Å²) in [7, 11) is -4.04. The molecule has 2 aromatic rings. The number of carbonyl (C=O) groups excluding carboxylic acids is 1. The van der Waals surface area contributed by atoms with Gasteiger partial charge in [0.1, 0.15) is 17.3 Å². The minimum atomic E-state index is -4.04. The first-order valence-corrected chi connectivity index (χ1v) is 7.55. The van der Waals surface area contributed by atoms with Gasteiger partial charge in [-0.1, -0.05) is 42.5 Å². The van der Waals surface area contributed by atoms with Crippen LogP contribution >= 0.6 is 0 Å². The van der Waals surface area contributed by atoms with Gasteiger partial charge in [0.15, 0.2) is 0 Å². The quantitative estimate of drug-likeness (QED) is 0.877. The molecule has 0 aliphatic heterocycles. The van der Waals surface area contributed by atoms with E-state index in [1.807, 2.05) is 30.3 Å². The van der Waals surface area contributed by atoms with E-state index < -0.39 is 16.1 Å². The third kappa shape index (κ3) is 3.96. The molecule has 0 fully saturated rings. The normalized spacial score (nSPS) is 10.9. The van der Waals surface area contributed by atoms with Gasteiger partial charge in [-0.15, -0.1) is 0 Å². The minimum absolute atomic E-state index is 0.139. The molecule has 0 atom stereocenters. The Morgan fingerprint density at radius 2 is 1.67 bits per heavy atom. The van der Waals surface area contributed by atoms with E-state index in [0.717, 1.165) is 5.56 Å². The second-order valence-electron chi connectivity index (χ2n) is 4.19. The molecular weight excluding hydrogens is 292 g/mol. The number of urea groups is 1. The Balaban J connectivity index is 2.23. The Bertz CT molecular complexity index is 730. The second-order valence-corrected chi connectivity index (χ2v) is 5.84. The first-order chi connectivity index (χ1) is 9.99. The number of carbonyl (C=O) groups is 1. The smallest absolute Gasteiger partial charge is 0.326 e. The van der Waals surface area contributed by atoms with Crippen molar-refractivity contribution < 1.29 is 17.9 Å². The standard InChI is InChI=1S/C14H14N2O4S/c15-14(17)16-21(18,19)13-9-5-4-8-12(13)20-10-11-6-2-1-3-7-11/h1-9H,10H2,(H3,15,16,17). The zero-order valence-corrected chi connectivity index (χ0v) is 11.8. The van der Waals surface area contributed by atoms with Gasteiger partial charge in [0.05, 0.1) is 0 Å². The Labute approximate surface area is 122 Å². The largest absolute Gasteiger partial charge is 0.487 e. The lowest BCUT2D eigenvalue weighted by Gasteiger charge is -2.11. The maximum absolute atomic E-state index is 12.0. The van der Waals surface area contributed by atoms with E-state index in [9.17, 15) is 13.2 Å². The Morgan fingerprint density at radius 1 is 1.05 bits per heavy atom. The van der Waals surface area contributed by atoms with E-state index in [4.69, 9.17) is 10.5 Å². The molecule has 110 valence electrons. The fraction of sp³-hybridized carbons (Fsp3) is 0.0714. The summed E-state index contributed by atoms with van der Waals surface area (Å²) in [5.74, 6) is 0.148. The molecule has 21 heavy (non-hydrogen) atoms. The van der Waals surface area contributed by atoms with E-state index >= 15 is 0 Å². The molecule has 7 heteroatoms. The molecule has 0 heterocycles. The molecular formula is C14H14N2O4S. The molecule has 2 aromatic carbocycles. The van der Waals surface area contributed by atoms with Crippen LogP contribution in [0.15, 0.2) is 59.5 Å². The summed E-state index contributed by atoms with van der Waals surface area (Å²) in [5, 5.41) is 0. The SMILES string of the molecule is NC(=O)NS(=O)(=O)c1ccccc1OCc1ccccc1. The van der Waals surface area contributed by atoms with Crippen molar-refractivity contribution in [2.24, 2.45) is 5.73 Å². The van der Waals surface area contributed by atoms with Crippen LogP contribution in [0.3, 0.4) is 0 Å². The number of amides is 2. The summed E-state index contributed by atoms with van der Waals surface area (Å²) >= 11 is 0. The summed E-state index contributed by atoms with van der Waals surface area (Å²) in [4.78, 5) is 10.6. The number of benzene rings is 2. The van der Waals surface area contributed by atoms with Gasteiger partial charge in [0.25, 0.3) is 10.0 Å². The van der Waals surface area contributed by atoms with Crippen LogP contribution in [0, 0.1) is 0 Å². The first kappa shape index (κ1) is 14.9. The van der Waals surface area contributed by atoms with Gasteiger partial charge in [0, 0.05) is 0 Å². The predicted octanol–water partition coefficient (Wildman–Crippen LogP) is 1.62. The average molecular weight is 306 g/mol. The maximum atomic E-state index is 12.0. The summed E-state index contributed by atoms with van der Waals surface area (Å²) in [6, 6.07) is 14.2. The lowest BCUT2D eigenvalue weighted by molar-refractivity contribution is 0.253. The zero-order chi connectivity index (χ0) is 15.3. The van der Waals surface area contributed by atoms with Crippen LogP contribution in [0.2, 0.25) is 0 Å². The van der Waals surface area contributed by atoms with Crippen molar-refractivity contribution in [3.8, 4) is 5.75 Å². The Morgan fingerprint density at radius 3 is 2.33 bits per heavy atom. The van der Waals surface area contributed by atoms with Crippen LogP contribution in [0.1, 0.15) is 5.56 Å². The summed E-state index contributed by atoms with van der Waals surface area (Å²) in [5.41, 5.74) is 5.76. The molecule has 0 bridgehead atoms. The molecule has 0 saturated heterocycles. The van der Waals surface area contributed by atoms with Crippen molar-refractivity contribution in [2.75, 3.05) is 0 Å². The van der Waals surface area contributed by atoms with Gasteiger partial charge in [-0.25, -0.2) is 17.9 Å². The highest BCUT2D eigenvalue weighted by molar-refractivity contribution is 7.90. The van der Waals surface area contributed by atoms with Crippen molar-refractivity contribution in [2.45, 2.75) is 11.5 Å². The minimum Gasteiger partial charge on any atom is -0.487 e. The van der Waals surface area contributed by atoms with Gasteiger partial charge in [-0.3, -0.25) is 0 Å². The van der Waals surface area contributed by atoms with Gasteiger partial charge in [-0.2, -0.15) is 0 Å². The first-order valence-electron chi connectivity index (χ1n) is 6.07. The summed E-state index contributed by atoms with van der Waals surface area (Å²) in [6.07, 6.45) is 0. The number of hydrogen-bond acceptors (Lipinski definition) is 4. The van der Waals surface area contributed by atoms with Crippen molar-refractivity contribution in [3.63, 3.8) is 0 Å². The van der Waals surface area contributed by atoms with Gasteiger partial charge >= 0.3 is 6.03 Å². The van der Waals surface area contributed by atoms with Gasteiger partial charge in [-0.05, 0) is 17.7 Å². The maximum Gasteiger partial charge on any atom is 0.326 e. The van der Waals surface area contributed by atoms with Crippen LogP contribution < -0.4 is 15.2 Å². The lowest BCUT2D eigenvalue weighted by atomic mass is 10.2. The number of primary amides is 1. The van der Waals surface area contributed by atoms with Crippen molar-refractivity contribution in [3.05, 3.63) is 60.2 Å². The van der Waals surface area contributed by atoms with Crippen LogP contribution in [-0.4, -0.2) is 14.4 Å².